The van der Waals surface area contributed by atoms with Gasteiger partial charge in [-0.1, -0.05) is 19.9 Å². The Morgan fingerprint density at radius 1 is 1.28 bits per heavy atom. The van der Waals surface area contributed by atoms with Crippen LogP contribution in [0, 0.1) is 12.8 Å². The molecule has 0 saturated heterocycles. The first-order chi connectivity index (χ1) is 8.49. The van der Waals surface area contributed by atoms with Gasteiger partial charge in [0.15, 0.2) is 0 Å². The van der Waals surface area contributed by atoms with Crippen molar-refractivity contribution in [3.05, 3.63) is 29.3 Å². The van der Waals surface area contributed by atoms with Crippen LogP contribution in [0.1, 0.15) is 42.6 Å². The minimum atomic E-state index is -0.993. The van der Waals surface area contributed by atoms with Crippen LogP contribution in [-0.2, 0) is 4.79 Å². The molecular weight excluding hydrogens is 230 g/mol. The lowest BCUT2D eigenvalue weighted by Gasteiger charge is -2.14. The second-order valence-corrected chi connectivity index (χ2v) is 4.34. The number of rotatable bonds is 5. The van der Waals surface area contributed by atoms with E-state index in [1.54, 1.807) is 6.07 Å². The molecule has 0 heterocycles. The molecule has 1 rings (SSSR count). The van der Waals surface area contributed by atoms with E-state index in [2.05, 4.69) is 5.32 Å². The monoisotopic (exact) mass is 249 g/mol. The summed E-state index contributed by atoms with van der Waals surface area (Å²) in [5.41, 5.74) is 1.62. The number of carboxylic acid groups (broad SMARTS) is 1. The van der Waals surface area contributed by atoms with Crippen LogP contribution in [-0.4, -0.2) is 17.0 Å². The quantitative estimate of drug-likeness (QED) is 0.842. The molecule has 0 aromatic heterocycles. The molecule has 98 valence electrons. The third-order valence-corrected chi connectivity index (χ3v) is 3.10. The molecule has 0 aliphatic heterocycles. The molecule has 0 bridgehead atoms. The van der Waals surface area contributed by atoms with Gasteiger partial charge in [0.1, 0.15) is 0 Å². The highest BCUT2D eigenvalue weighted by molar-refractivity contribution is 5.95. The average Bonchev–Trinajstić information content (AvgIpc) is 2.33. The van der Waals surface area contributed by atoms with Gasteiger partial charge < -0.3 is 10.4 Å². The summed E-state index contributed by atoms with van der Waals surface area (Å²) < 4.78 is 0. The molecule has 1 aromatic carbocycles. The molecule has 2 N–H and O–H groups in total. The average molecular weight is 249 g/mol. The fourth-order valence-corrected chi connectivity index (χ4v) is 1.78. The Morgan fingerprint density at radius 2 is 1.89 bits per heavy atom. The highest BCUT2D eigenvalue weighted by Gasteiger charge is 2.15. The van der Waals surface area contributed by atoms with Crippen LogP contribution in [0.4, 0.5) is 5.69 Å². The first-order valence-electron chi connectivity index (χ1n) is 6.14. The van der Waals surface area contributed by atoms with Crippen LogP contribution in [0.25, 0.3) is 0 Å². The molecule has 0 aliphatic rings. The molecule has 0 aliphatic carbocycles. The number of benzene rings is 1. The Hall–Kier alpha value is -1.84. The first-order valence-corrected chi connectivity index (χ1v) is 6.14. The van der Waals surface area contributed by atoms with Crippen molar-refractivity contribution >= 4 is 17.6 Å². The van der Waals surface area contributed by atoms with Crippen LogP contribution in [0.15, 0.2) is 18.2 Å². The van der Waals surface area contributed by atoms with Gasteiger partial charge in [0, 0.05) is 11.6 Å². The molecule has 4 heteroatoms. The number of aryl methyl sites for hydroxylation is 1. The SMILES string of the molecule is CCC(CC)C(=O)Nc1cc(C(=O)O)ccc1C. The zero-order chi connectivity index (χ0) is 13.7. The van der Waals surface area contributed by atoms with Crippen molar-refractivity contribution < 1.29 is 14.7 Å². The van der Waals surface area contributed by atoms with E-state index in [1.807, 2.05) is 20.8 Å². The fourth-order valence-electron chi connectivity index (χ4n) is 1.78. The summed E-state index contributed by atoms with van der Waals surface area (Å²) in [5.74, 6) is -1.07. The fraction of sp³-hybridized carbons (Fsp3) is 0.429. The number of carbonyl (C=O) groups is 2. The number of hydrogen-bond donors (Lipinski definition) is 2. The Labute approximate surface area is 107 Å². The Morgan fingerprint density at radius 3 is 2.39 bits per heavy atom. The number of carboxylic acids is 1. The van der Waals surface area contributed by atoms with Gasteiger partial charge in [-0.05, 0) is 37.5 Å². The van der Waals surface area contributed by atoms with E-state index in [0.29, 0.717) is 5.69 Å². The number of anilines is 1. The standard InChI is InChI=1S/C14H19NO3/c1-4-10(5-2)13(16)15-12-8-11(14(17)18)7-6-9(12)3/h6-8,10H,4-5H2,1-3H3,(H,15,16)(H,17,18). The summed E-state index contributed by atoms with van der Waals surface area (Å²) >= 11 is 0. The number of nitrogens with one attached hydrogen (secondary N) is 1. The number of hydrogen-bond acceptors (Lipinski definition) is 2. The summed E-state index contributed by atoms with van der Waals surface area (Å²) in [6.45, 7) is 5.77. The van der Waals surface area contributed by atoms with Gasteiger partial charge >= 0.3 is 5.97 Å². The van der Waals surface area contributed by atoms with Crippen LogP contribution in [0.2, 0.25) is 0 Å². The van der Waals surface area contributed by atoms with E-state index in [4.69, 9.17) is 5.11 Å². The lowest BCUT2D eigenvalue weighted by atomic mass is 10.0. The zero-order valence-corrected chi connectivity index (χ0v) is 11.0. The molecule has 0 fully saturated rings. The predicted octanol–water partition coefficient (Wildman–Crippen LogP) is 3.07. The van der Waals surface area contributed by atoms with Gasteiger partial charge in [0.05, 0.1) is 5.56 Å². The predicted molar refractivity (Wildman–Crippen MR) is 70.8 cm³/mol. The minimum absolute atomic E-state index is 0.0297. The van der Waals surface area contributed by atoms with Crippen molar-refractivity contribution in [3.8, 4) is 0 Å². The maximum absolute atomic E-state index is 11.9. The van der Waals surface area contributed by atoms with Gasteiger partial charge in [-0.25, -0.2) is 4.79 Å². The summed E-state index contributed by atoms with van der Waals surface area (Å²) in [7, 11) is 0. The lowest BCUT2D eigenvalue weighted by molar-refractivity contribution is -0.120. The molecule has 0 saturated carbocycles. The first kappa shape index (κ1) is 14.2. The molecule has 0 spiro atoms. The third kappa shape index (κ3) is 3.32. The third-order valence-electron chi connectivity index (χ3n) is 3.10. The van der Waals surface area contributed by atoms with Gasteiger partial charge in [-0.3, -0.25) is 4.79 Å². The highest BCUT2D eigenvalue weighted by Crippen LogP contribution is 2.19. The van der Waals surface area contributed by atoms with Gasteiger partial charge in [-0.2, -0.15) is 0 Å². The molecule has 4 nitrogen and oxygen atoms in total. The smallest absolute Gasteiger partial charge is 0.335 e. The molecule has 1 amide bonds. The normalized spacial score (nSPS) is 10.4. The molecule has 0 atom stereocenters. The molecular formula is C14H19NO3. The van der Waals surface area contributed by atoms with Crippen molar-refractivity contribution in [2.45, 2.75) is 33.6 Å². The summed E-state index contributed by atoms with van der Waals surface area (Å²) in [4.78, 5) is 22.8. The van der Waals surface area contributed by atoms with Crippen molar-refractivity contribution in [2.75, 3.05) is 5.32 Å². The molecule has 1 aromatic rings. The number of amides is 1. The second-order valence-electron chi connectivity index (χ2n) is 4.34. The van der Waals surface area contributed by atoms with Crippen molar-refractivity contribution in [2.24, 2.45) is 5.92 Å². The van der Waals surface area contributed by atoms with E-state index in [-0.39, 0.29) is 17.4 Å². The number of carbonyl (C=O) groups excluding carboxylic acids is 1. The van der Waals surface area contributed by atoms with E-state index in [9.17, 15) is 9.59 Å². The van der Waals surface area contributed by atoms with E-state index >= 15 is 0 Å². The minimum Gasteiger partial charge on any atom is -0.478 e. The van der Waals surface area contributed by atoms with E-state index < -0.39 is 5.97 Å². The van der Waals surface area contributed by atoms with Crippen LogP contribution in [0.3, 0.4) is 0 Å². The summed E-state index contributed by atoms with van der Waals surface area (Å²) in [5, 5.41) is 11.7. The van der Waals surface area contributed by atoms with Gasteiger partial charge in [0.2, 0.25) is 5.91 Å². The summed E-state index contributed by atoms with van der Waals surface area (Å²) in [6.07, 6.45) is 1.56. The Balaban J connectivity index is 2.93. The van der Waals surface area contributed by atoms with Crippen molar-refractivity contribution in [1.82, 2.24) is 0 Å². The van der Waals surface area contributed by atoms with Crippen LogP contribution >= 0.6 is 0 Å². The summed E-state index contributed by atoms with van der Waals surface area (Å²) in [6, 6.07) is 4.73. The van der Waals surface area contributed by atoms with Gasteiger partial charge in [-0.15, -0.1) is 0 Å². The zero-order valence-electron chi connectivity index (χ0n) is 11.0. The highest BCUT2D eigenvalue weighted by atomic mass is 16.4. The number of aromatic carboxylic acids is 1. The maximum atomic E-state index is 11.9. The van der Waals surface area contributed by atoms with Gasteiger partial charge in [0.25, 0.3) is 0 Å². The van der Waals surface area contributed by atoms with Crippen LogP contribution < -0.4 is 5.32 Å². The van der Waals surface area contributed by atoms with E-state index in [1.165, 1.54) is 12.1 Å². The maximum Gasteiger partial charge on any atom is 0.335 e. The molecule has 0 unspecified atom stereocenters. The Kier molecular flexibility index (Phi) is 4.89. The topological polar surface area (TPSA) is 66.4 Å². The Bertz CT molecular complexity index is 450. The molecule has 18 heavy (non-hydrogen) atoms. The second kappa shape index (κ2) is 6.19. The molecule has 0 radical (unpaired) electrons. The largest absolute Gasteiger partial charge is 0.478 e. The van der Waals surface area contributed by atoms with Crippen molar-refractivity contribution in [3.63, 3.8) is 0 Å². The lowest BCUT2D eigenvalue weighted by Crippen LogP contribution is -2.22. The van der Waals surface area contributed by atoms with Crippen LogP contribution in [0.5, 0.6) is 0 Å². The van der Waals surface area contributed by atoms with Crippen molar-refractivity contribution in [1.29, 1.82) is 0 Å². The van der Waals surface area contributed by atoms with E-state index in [0.717, 1.165) is 18.4 Å².